The summed E-state index contributed by atoms with van der Waals surface area (Å²) in [4.78, 5) is 14.4. The number of fused-ring (bicyclic) bond motifs is 1. The SMILES string of the molecule is Cn1cccc1CN1CCc2nc(N3CCOCC3)nc(Oc3ccccc3)c2C1. The lowest BCUT2D eigenvalue weighted by Gasteiger charge is -2.31. The van der Waals surface area contributed by atoms with Crippen molar-refractivity contribution in [2.75, 3.05) is 37.7 Å². The van der Waals surface area contributed by atoms with E-state index in [9.17, 15) is 0 Å². The summed E-state index contributed by atoms with van der Waals surface area (Å²) in [5.74, 6) is 2.22. The molecule has 0 spiro atoms. The van der Waals surface area contributed by atoms with Gasteiger partial charge < -0.3 is 18.9 Å². The van der Waals surface area contributed by atoms with Crippen LogP contribution in [0.25, 0.3) is 0 Å². The maximum atomic E-state index is 6.27. The molecule has 4 heterocycles. The lowest BCUT2D eigenvalue weighted by molar-refractivity contribution is 0.122. The van der Waals surface area contributed by atoms with Gasteiger partial charge in [0.25, 0.3) is 0 Å². The summed E-state index contributed by atoms with van der Waals surface area (Å²) >= 11 is 0. The van der Waals surface area contributed by atoms with Gasteiger partial charge in [-0.2, -0.15) is 4.98 Å². The number of aryl methyl sites for hydroxylation is 1. The first-order valence-corrected chi connectivity index (χ1v) is 10.5. The summed E-state index contributed by atoms with van der Waals surface area (Å²) < 4.78 is 13.9. The lowest BCUT2D eigenvalue weighted by atomic mass is 10.1. The molecule has 0 amide bonds. The van der Waals surface area contributed by atoms with Gasteiger partial charge in [0.15, 0.2) is 0 Å². The molecule has 7 heteroatoms. The van der Waals surface area contributed by atoms with E-state index in [0.29, 0.717) is 19.1 Å². The minimum atomic E-state index is 0.671. The summed E-state index contributed by atoms with van der Waals surface area (Å²) in [6, 6.07) is 14.1. The highest BCUT2D eigenvalue weighted by Crippen LogP contribution is 2.32. The average molecular weight is 406 g/mol. The zero-order valence-corrected chi connectivity index (χ0v) is 17.3. The largest absolute Gasteiger partial charge is 0.439 e. The zero-order chi connectivity index (χ0) is 20.3. The van der Waals surface area contributed by atoms with Crippen LogP contribution in [0.5, 0.6) is 11.6 Å². The summed E-state index contributed by atoms with van der Waals surface area (Å²) in [7, 11) is 2.09. The maximum Gasteiger partial charge on any atom is 0.229 e. The fourth-order valence-electron chi connectivity index (χ4n) is 4.04. The summed E-state index contributed by atoms with van der Waals surface area (Å²) in [5.41, 5.74) is 3.49. The van der Waals surface area contributed by atoms with Crippen LogP contribution in [-0.2, 0) is 31.3 Å². The van der Waals surface area contributed by atoms with Crippen LogP contribution in [-0.4, -0.2) is 52.3 Å². The second kappa shape index (κ2) is 8.45. The number of para-hydroxylation sites is 1. The van der Waals surface area contributed by atoms with Gasteiger partial charge in [-0.15, -0.1) is 0 Å². The molecule has 0 unspecified atom stereocenters. The molecule has 2 aromatic heterocycles. The van der Waals surface area contributed by atoms with Crippen LogP contribution in [0, 0.1) is 0 Å². The molecule has 0 aliphatic carbocycles. The van der Waals surface area contributed by atoms with Crippen molar-refractivity contribution in [3.05, 3.63) is 65.6 Å². The number of aromatic nitrogens is 3. The van der Waals surface area contributed by atoms with Gasteiger partial charge in [-0.25, -0.2) is 4.98 Å². The Kier molecular flexibility index (Phi) is 5.38. The van der Waals surface area contributed by atoms with Crippen LogP contribution >= 0.6 is 0 Å². The first-order valence-electron chi connectivity index (χ1n) is 10.5. The fraction of sp³-hybridized carbons (Fsp3) is 0.391. The third kappa shape index (κ3) is 4.04. The maximum absolute atomic E-state index is 6.27. The smallest absolute Gasteiger partial charge is 0.229 e. The molecule has 0 radical (unpaired) electrons. The monoisotopic (exact) mass is 405 g/mol. The topological polar surface area (TPSA) is 55.7 Å². The Hall–Kier alpha value is -2.90. The van der Waals surface area contributed by atoms with E-state index in [1.54, 1.807) is 0 Å². The average Bonchev–Trinajstić information content (AvgIpc) is 3.19. The van der Waals surface area contributed by atoms with Crippen molar-refractivity contribution in [2.45, 2.75) is 19.5 Å². The minimum absolute atomic E-state index is 0.671. The normalized spacial score (nSPS) is 17.0. The highest BCUT2D eigenvalue weighted by molar-refractivity contribution is 5.43. The molecular formula is C23H27N5O2. The molecule has 156 valence electrons. The number of ether oxygens (including phenoxy) is 2. The van der Waals surface area contributed by atoms with Crippen LogP contribution in [0.15, 0.2) is 48.7 Å². The van der Waals surface area contributed by atoms with Crippen molar-refractivity contribution in [3.63, 3.8) is 0 Å². The zero-order valence-electron chi connectivity index (χ0n) is 17.3. The second-order valence-corrected chi connectivity index (χ2v) is 7.84. The quantitative estimate of drug-likeness (QED) is 0.651. The predicted molar refractivity (Wildman–Crippen MR) is 115 cm³/mol. The number of hydrogen-bond acceptors (Lipinski definition) is 6. The number of morpholine rings is 1. The molecule has 0 saturated carbocycles. The van der Waals surface area contributed by atoms with Crippen LogP contribution in [0.1, 0.15) is 17.0 Å². The van der Waals surface area contributed by atoms with Crippen molar-refractivity contribution in [1.82, 2.24) is 19.4 Å². The number of benzene rings is 1. The predicted octanol–water partition coefficient (Wildman–Crippen LogP) is 3.00. The summed E-state index contributed by atoms with van der Waals surface area (Å²) in [6.07, 6.45) is 2.99. The number of hydrogen-bond donors (Lipinski definition) is 0. The van der Waals surface area contributed by atoms with Gasteiger partial charge in [-0.1, -0.05) is 18.2 Å². The van der Waals surface area contributed by atoms with Gasteiger partial charge in [0.1, 0.15) is 5.75 Å². The number of rotatable bonds is 5. The van der Waals surface area contributed by atoms with Gasteiger partial charge in [-0.3, -0.25) is 4.90 Å². The van der Waals surface area contributed by atoms with E-state index in [-0.39, 0.29) is 0 Å². The Labute approximate surface area is 176 Å². The van der Waals surface area contributed by atoms with Gasteiger partial charge in [0, 0.05) is 58.1 Å². The molecule has 2 aliphatic rings. The molecule has 1 saturated heterocycles. The van der Waals surface area contributed by atoms with Gasteiger partial charge >= 0.3 is 0 Å². The second-order valence-electron chi connectivity index (χ2n) is 7.84. The van der Waals surface area contributed by atoms with Crippen LogP contribution in [0.2, 0.25) is 0 Å². The Morgan fingerprint density at radius 3 is 2.60 bits per heavy atom. The third-order valence-electron chi connectivity index (χ3n) is 5.78. The van der Waals surface area contributed by atoms with Crippen molar-refractivity contribution in [3.8, 4) is 11.6 Å². The van der Waals surface area contributed by atoms with E-state index in [4.69, 9.17) is 19.4 Å². The molecule has 0 N–H and O–H groups in total. The molecule has 0 atom stereocenters. The van der Waals surface area contributed by atoms with E-state index in [0.717, 1.165) is 62.1 Å². The molecule has 3 aromatic rings. The van der Waals surface area contributed by atoms with Crippen LogP contribution in [0.3, 0.4) is 0 Å². The molecule has 7 nitrogen and oxygen atoms in total. The highest BCUT2D eigenvalue weighted by Gasteiger charge is 2.26. The minimum Gasteiger partial charge on any atom is -0.439 e. The number of anilines is 1. The molecular weight excluding hydrogens is 378 g/mol. The van der Waals surface area contributed by atoms with Crippen LogP contribution in [0.4, 0.5) is 5.95 Å². The molecule has 2 aliphatic heterocycles. The first-order chi connectivity index (χ1) is 14.8. The van der Waals surface area contributed by atoms with Crippen molar-refractivity contribution in [2.24, 2.45) is 7.05 Å². The van der Waals surface area contributed by atoms with Crippen molar-refractivity contribution >= 4 is 5.95 Å². The van der Waals surface area contributed by atoms with Crippen molar-refractivity contribution in [1.29, 1.82) is 0 Å². The molecule has 1 fully saturated rings. The number of nitrogens with zero attached hydrogens (tertiary/aromatic N) is 5. The Balaban J connectivity index is 1.46. The summed E-state index contributed by atoms with van der Waals surface area (Å²) in [5, 5.41) is 0. The Bertz CT molecular complexity index is 998. The van der Waals surface area contributed by atoms with Gasteiger partial charge in [0.2, 0.25) is 11.8 Å². The lowest BCUT2D eigenvalue weighted by Crippen LogP contribution is -2.38. The highest BCUT2D eigenvalue weighted by atomic mass is 16.5. The third-order valence-corrected chi connectivity index (χ3v) is 5.78. The molecule has 30 heavy (non-hydrogen) atoms. The molecule has 5 rings (SSSR count). The van der Waals surface area contributed by atoms with Gasteiger partial charge in [-0.05, 0) is 24.3 Å². The van der Waals surface area contributed by atoms with E-state index in [1.807, 2.05) is 30.3 Å². The first kappa shape index (κ1) is 19.1. The van der Waals surface area contributed by atoms with Gasteiger partial charge in [0.05, 0.1) is 24.5 Å². The Morgan fingerprint density at radius 1 is 1.00 bits per heavy atom. The fourth-order valence-corrected chi connectivity index (χ4v) is 4.04. The van der Waals surface area contributed by atoms with Crippen LogP contribution < -0.4 is 9.64 Å². The van der Waals surface area contributed by atoms with E-state index < -0.39 is 0 Å². The Morgan fingerprint density at radius 2 is 1.83 bits per heavy atom. The van der Waals surface area contributed by atoms with E-state index in [1.165, 1.54) is 5.69 Å². The molecule has 1 aromatic carbocycles. The molecule has 0 bridgehead atoms. The standard InChI is InChI=1S/C23H27N5O2/c1-26-10-5-6-18(26)16-27-11-9-21-20(17-27)22(30-19-7-3-2-4-8-19)25-23(24-21)28-12-14-29-15-13-28/h2-8,10H,9,11-17H2,1H3. The van der Waals surface area contributed by atoms with Crippen molar-refractivity contribution < 1.29 is 9.47 Å². The summed E-state index contributed by atoms with van der Waals surface area (Å²) in [6.45, 7) is 5.69. The van der Waals surface area contributed by atoms with E-state index >= 15 is 0 Å². The van der Waals surface area contributed by atoms with E-state index in [2.05, 4.69) is 39.7 Å².